The van der Waals surface area contributed by atoms with Crippen LogP contribution in [0.3, 0.4) is 0 Å². The third-order valence-electron chi connectivity index (χ3n) is 6.83. The van der Waals surface area contributed by atoms with Crippen LogP contribution in [0.4, 0.5) is 10.5 Å². The molecule has 11 heteroatoms. The van der Waals surface area contributed by atoms with Crippen LogP contribution in [-0.2, 0) is 4.74 Å². The van der Waals surface area contributed by atoms with E-state index in [9.17, 15) is 4.79 Å². The molecule has 2 aromatic carbocycles. The average Bonchev–Trinajstić information content (AvgIpc) is 3.39. The fourth-order valence-corrected chi connectivity index (χ4v) is 4.78. The number of hydrogen-bond acceptors (Lipinski definition) is 7. The van der Waals surface area contributed by atoms with E-state index in [0.717, 1.165) is 46.0 Å². The molecule has 1 unspecified atom stereocenters. The quantitative estimate of drug-likeness (QED) is 0.252. The molecular formula is C28H25ClN8O2. The van der Waals surface area contributed by atoms with E-state index in [1.807, 2.05) is 54.9 Å². The zero-order valence-corrected chi connectivity index (χ0v) is 21.8. The Morgan fingerprint density at radius 1 is 1.10 bits per heavy atom. The number of amides is 1. The van der Waals surface area contributed by atoms with Crippen molar-refractivity contribution in [3.8, 4) is 28.1 Å². The molecule has 6 rings (SSSR count). The number of halogens is 1. The van der Waals surface area contributed by atoms with Gasteiger partial charge in [-0.05, 0) is 64.7 Å². The number of hydrogen-bond donors (Lipinski definition) is 2. The number of ether oxygens (including phenoxy) is 1. The second-order valence-electron chi connectivity index (χ2n) is 9.50. The van der Waals surface area contributed by atoms with Crippen molar-refractivity contribution in [1.29, 1.82) is 0 Å². The highest BCUT2D eigenvalue weighted by Gasteiger charge is 2.30. The molecule has 1 saturated carbocycles. The smallest absolute Gasteiger partial charge is 0.411 e. The van der Waals surface area contributed by atoms with Crippen molar-refractivity contribution in [3.05, 3.63) is 89.9 Å². The van der Waals surface area contributed by atoms with E-state index >= 15 is 0 Å². The highest BCUT2D eigenvalue weighted by atomic mass is 35.5. The fraction of sp³-hybridized carbons (Fsp3) is 0.214. The van der Waals surface area contributed by atoms with Gasteiger partial charge >= 0.3 is 6.09 Å². The molecule has 2 N–H and O–H groups in total. The van der Waals surface area contributed by atoms with Crippen LogP contribution >= 0.6 is 11.6 Å². The van der Waals surface area contributed by atoms with Crippen LogP contribution in [0.2, 0.25) is 5.02 Å². The number of nitrogens with one attached hydrogen (secondary N) is 2. The number of aromatic nitrogens is 7. The van der Waals surface area contributed by atoms with Crippen LogP contribution in [0.1, 0.15) is 36.7 Å². The number of carbonyl (C=O) groups is 1. The Morgan fingerprint density at radius 2 is 1.92 bits per heavy atom. The summed E-state index contributed by atoms with van der Waals surface area (Å²) in [5.41, 5.74) is 6.10. The molecule has 1 atom stereocenters. The van der Waals surface area contributed by atoms with Crippen molar-refractivity contribution in [3.63, 3.8) is 0 Å². The maximum absolute atomic E-state index is 11.5. The van der Waals surface area contributed by atoms with E-state index < -0.39 is 6.09 Å². The van der Waals surface area contributed by atoms with Gasteiger partial charge in [-0.25, -0.2) is 9.78 Å². The molecule has 0 radical (unpaired) electrons. The third-order valence-corrected chi connectivity index (χ3v) is 7.06. The highest BCUT2D eigenvalue weighted by Crippen LogP contribution is 2.41. The minimum Gasteiger partial charge on any atom is -0.453 e. The number of carbonyl (C=O) groups excluding carboxylic acids is 1. The second kappa shape index (κ2) is 10.7. The lowest BCUT2D eigenvalue weighted by Crippen LogP contribution is -2.10. The lowest BCUT2D eigenvalue weighted by molar-refractivity contribution is 0.187. The van der Waals surface area contributed by atoms with Crippen molar-refractivity contribution in [2.75, 3.05) is 12.4 Å². The normalized spacial score (nSPS) is 13.7. The first kappa shape index (κ1) is 24.7. The lowest BCUT2D eigenvalue weighted by atomic mass is 9.95. The Kier molecular flexibility index (Phi) is 6.76. The minimum absolute atomic E-state index is 0.0407. The van der Waals surface area contributed by atoms with Gasteiger partial charge in [0.25, 0.3) is 0 Å². The van der Waals surface area contributed by atoms with Crippen molar-refractivity contribution in [1.82, 2.24) is 35.2 Å². The van der Waals surface area contributed by atoms with Gasteiger partial charge in [-0.3, -0.25) is 10.3 Å². The van der Waals surface area contributed by atoms with Crippen molar-refractivity contribution < 1.29 is 9.53 Å². The summed E-state index contributed by atoms with van der Waals surface area (Å²) in [4.78, 5) is 24.6. The average molecular weight is 541 g/mol. The Bertz CT molecular complexity index is 1580. The molecular weight excluding hydrogens is 516 g/mol. The number of aromatic amines is 1. The van der Waals surface area contributed by atoms with E-state index in [1.165, 1.54) is 20.0 Å². The number of rotatable bonds is 8. The topological polar surface area (TPSA) is 124 Å². The number of benzene rings is 2. The number of nitrogens with zero attached hydrogens (tertiary/aromatic N) is 6. The first-order chi connectivity index (χ1) is 19.1. The molecule has 0 spiro atoms. The molecule has 10 nitrogen and oxygen atoms in total. The lowest BCUT2D eigenvalue weighted by Gasteiger charge is -2.15. The van der Waals surface area contributed by atoms with E-state index in [4.69, 9.17) is 21.6 Å². The van der Waals surface area contributed by atoms with Gasteiger partial charge in [0.1, 0.15) is 12.2 Å². The van der Waals surface area contributed by atoms with Gasteiger partial charge in [0.2, 0.25) is 0 Å². The zero-order chi connectivity index (χ0) is 26.8. The standard InChI is InChI=1S/C28H25ClN8O2/c1-39-28(38)33-21-8-4-18(5-9-21)25-15-31-27(34-25)23(12-17-2-3-17)24-10-6-19(14-30-24)22-13-20(29)7-11-26(22)37-16-32-35-36-37/h4-11,13-17,23H,2-3,12H2,1H3,(H,31,34)(H,33,38). The first-order valence-corrected chi connectivity index (χ1v) is 12.9. The first-order valence-electron chi connectivity index (χ1n) is 12.6. The second-order valence-corrected chi connectivity index (χ2v) is 9.93. The van der Waals surface area contributed by atoms with Gasteiger partial charge in [-0.1, -0.05) is 42.6 Å². The molecule has 0 aliphatic heterocycles. The minimum atomic E-state index is -0.505. The molecule has 196 valence electrons. The van der Waals surface area contributed by atoms with Gasteiger partial charge < -0.3 is 9.72 Å². The molecule has 5 aromatic rings. The molecule has 1 amide bonds. The highest BCUT2D eigenvalue weighted by molar-refractivity contribution is 6.31. The largest absolute Gasteiger partial charge is 0.453 e. The zero-order valence-electron chi connectivity index (χ0n) is 21.1. The number of methoxy groups -OCH3 is 1. The van der Waals surface area contributed by atoms with E-state index in [2.05, 4.69) is 42.7 Å². The number of imidazole rings is 1. The SMILES string of the molecule is COC(=O)Nc1ccc(-c2cnc(C(CC3CC3)c3ccc(-c4cc(Cl)ccc4-n4cnnn4)cn3)[nH]2)cc1. The molecule has 3 heterocycles. The maximum Gasteiger partial charge on any atom is 0.411 e. The van der Waals surface area contributed by atoms with Gasteiger partial charge in [-0.2, -0.15) is 4.68 Å². The molecule has 1 aliphatic carbocycles. The predicted molar refractivity (Wildman–Crippen MR) is 147 cm³/mol. The van der Waals surface area contributed by atoms with Crippen LogP contribution in [0.25, 0.3) is 28.1 Å². The summed E-state index contributed by atoms with van der Waals surface area (Å²) >= 11 is 6.33. The molecule has 1 aliphatic rings. The number of H-pyrrole nitrogens is 1. The molecule has 0 bridgehead atoms. The maximum atomic E-state index is 11.5. The van der Waals surface area contributed by atoms with E-state index in [-0.39, 0.29) is 5.92 Å². The predicted octanol–water partition coefficient (Wildman–Crippen LogP) is 5.88. The monoisotopic (exact) mass is 540 g/mol. The van der Waals surface area contributed by atoms with Crippen LogP contribution < -0.4 is 5.32 Å². The third kappa shape index (κ3) is 5.51. The molecule has 1 fully saturated rings. The van der Waals surface area contributed by atoms with E-state index in [1.54, 1.807) is 11.0 Å². The fourth-order valence-electron chi connectivity index (χ4n) is 4.60. The summed E-state index contributed by atoms with van der Waals surface area (Å²) in [5, 5.41) is 14.8. The molecule has 3 aromatic heterocycles. The summed E-state index contributed by atoms with van der Waals surface area (Å²) in [5.74, 6) is 1.60. The van der Waals surface area contributed by atoms with Crippen LogP contribution in [0.5, 0.6) is 0 Å². The summed E-state index contributed by atoms with van der Waals surface area (Å²) in [7, 11) is 1.33. The van der Waals surface area contributed by atoms with Crippen molar-refractivity contribution >= 4 is 23.4 Å². The van der Waals surface area contributed by atoms with Gasteiger partial charge in [0, 0.05) is 28.0 Å². The van der Waals surface area contributed by atoms with Gasteiger partial charge in [-0.15, -0.1) is 5.10 Å². The number of pyridine rings is 1. The summed E-state index contributed by atoms with van der Waals surface area (Å²) in [6.07, 6.45) is 8.20. The van der Waals surface area contributed by atoms with Crippen LogP contribution in [0, 0.1) is 5.92 Å². The number of tetrazole rings is 1. The summed E-state index contributed by atoms with van der Waals surface area (Å²) in [6, 6.07) is 17.2. The number of anilines is 1. The Balaban J connectivity index is 1.27. The van der Waals surface area contributed by atoms with Crippen LogP contribution in [0.15, 0.2) is 73.3 Å². The van der Waals surface area contributed by atoms with Crippen molar-refractivity contribution in [2.24, 2.45) is 5.92 Å². The van der Waals surface area contributed by atoms with Crippen LogP contribution in [-0.4, -0.2) is 48.4 Å². The molecule has 39 heavy (non-hydrogen) atoms. The Morgan fingerprint density at radius 3 is 2.62 bits per heavy atom. The Labute approximate surface area is 229 Å². The molecule has 0 saturated heterocycles. The van der Waals surface area contributed by atoms with E-state index in [0.29, 0.717) is 16.6 Å². The van der Waals surface area contributed by atoms with Gasteiger partial charge in [0.15, 0.2) is 0 Å². The van der Waals surface area contributed by atoms with Crippen molar-refractivity contribution in [2.45, 2.75) is 25.2 Å². The van der Waals surface area contributed by atoms with Gasteiger partial charge in [0.05, 0.1) is 36.3 Å². The summed E-state index contributed by atoms with van der Waals surface area (Å²) in [6.45, 7) is 0. The Hall–Kier alpha value is -4.57. The summed E-state index contributed by atoms with van der Waals surface area (Å²) < 4.78 is 6.26.